The van der Waals surface area contributed by atoms with E-state index in [2.05, 4.69) is 20.6 Å². The van der Waals surface area contributed by atoms with Gasteiger partial charge in [0, 0.05) is 41.0 Å². The van der Waals surface area contributed by atoms with Gasteiger partial charge in [-0.05, 0) is 24.3 Å². The van der Waals surface area contributed by atoms with Crippen molar-refractivity contribution in [2.24, 2.45) is 0 Å². The van der Waals surface area contributed by atoms with Gasteiger partial charge in [0.05, 0.1) is 24.3 Å². The van der Waals surface area contributed by atoms with E-state index in [0.717, 1.165) is 39.2 Å². The van der Waals surface area contributed by atoms with Gasteiger partial charge in [0.25, 0.3) is 0 Å². The van der Waals surface area contributed by atoms with Crippen LogP contribution in [0.25, 0.3) is 5.65 Å². The number of esters is 6. The monoisotopic (exact) mass is 683 g/mol. The quantitative estimate of drug-likeness (QED) is 0.225. The molecule has 4 rings (SSSR count). The molecule has 0 saturated carbocycles. The van der Waals surface area contributed by atoms with Crippen LogP contribution in [0.5, 0.6) is 0 Å². The van der Waals surface area contributed by atoms with E-state index in [1.54, 1.807) is 18.9 Å². The number of carbonyl (C=O) groups is 6. The Morgan fingerprint density at radius 1 is 0.894 bits per heavy atom. The predicted molar refractivity (Wildman–Crippen MR) is 154 cm³/mol. The van der Waals surface area contributed by atoms with Crippen LogP contribution in [0.4, 0.5) is 5.69 Å². The zero-order valence-corrected chi connectivity index (χ0v) is 27.5. The number of tetrazole rings is 1. The molecule has 4 heterocycles. The fourth-order valence-electron chi connectivity index (χ4n) is 6.14. The fraction of sp³-hybridized carbons (Fsp3) is 0.630. The molecule has 2 unspecified atom stereocenters. The third-order valence-electron chi connectivity index (χ3n) is 7.55. The minimum Gasteiger partial charge on any atom is -0.467 e. The first-order chi connectivity index (χ1) is 22.0. The Morgan fingerprint density at radius 2 is 1.49 bits per heavy atom. The lowest BCUT2D eigenvalue weighted by Gasteiger charge is -2.43. The third-order valence-corrected chi connectivity index (χ3v) is 7.81. The molecule has 19 nitrogen and oxygen atoms in total. The summed E-state index contributed by atoms with van der Waals surface area (Å²) in [6.45, 7) is 8.28. The fourth-order valence-corrected chi connectivity index (χ4v) is 6.39. The Hall–Kier alpha value is -4.65. The minimum atomic E-state index is -1.70. The first-order valence-electron chi connectivity index (χ1n) is 14.3. The predicted octanol–water partition coefficient (Wildman–Crippen LogP) is 0.0486. The maximum absolute atomic E-state index is 13.3. The third kappa shape index (κ3) is 6.90. The molecule has 20 heteroatoms. The summed E-state index contributed by atoms with van der Waals surface area (Å²) in [4.78, 5) is 75.0. The van der Waals surface area contributed by atoms with E-state index in [0.29, 0.717) is 5.56 Å². The number of fused-ring (bicyclic) bond motifs is 5. The second-order valence-corrected chi connectivity index (χ2v) is 11.6. The highest BCUT2D eigenvalue weighted by atomic mass is 35.5. The van der Waals surface area contributed by atoms with Crippen molar-refractivity contribution < 1.29 is 57.2 Å². The second kappa shape index (κ2) is 13.6. The van der Waals surface area contributed by atoms with E-state index >= 15 is 0 Å². The largest absolute Gasteiger partial charge is 0.467 e. The molecule has 0 N–H and O–H groups in total. The van der Waals surface area contributed by atoms with Gasteiger partial charge >= 0.3 is 35.8 Å². The molecule has 47 heavy (non-hydrogen) atoms. The molecule has 0 spiro atoms. The Kier molecular flexibility index (Phi) is 10.2. The number of ether oxygens (including phenoxy) is 6. The smallest absolute Gasteiger partial charge is 0.330 e. The van der Waals surface area contributed by atoms with Crippen molar-refractivity contribution in [3.63, 3.8) is 0 Å². The summed E-state index contributed by atoms with van der Waals surface area (Å²) in [5, 5.41) is 19.0. The average Bonchev–Trinajstić information content (AvgIpc) is 3.64. The van der Waals surface area contributed by atoms with Gasteiger partial charge in [0.15, 0.2) is 29.6 Å². The van der Waals surface area contributed by atoms with Gasteiger partial charge in [-0.1, -0.05) is 11.6 Å². The molecule has 1 saturated heterocycles. The maximum atomic E-state index is 13.3. The molecule has 2 aliphatic heterocycles. The number of aromatic nitrogens is 5. The van der Waals surface area contributed by atoms with E-state index in [-0.39, 0.29) is 22.9 Å². The lowest BCUT2D eigenvalue weighted by atomic mass is 9.88. The highest BCUT2D eigenvalue weighted by Crippen LogP contribution is 2.54. The highest BCUT2D eigenvalue weighted by molar-refractivity contribution is 6.32. The number of hydrogen-bond donors (Lipinski definition) is 0. The van der Waals surface area contributed by atoms with Crippen LogP contribution in [0, 0.1) is 0 Å². The van der Waals surface area contributed by atoms with Crippen LogP contribution in [-0.2, 0) is 62.7 Å². The second-order valence-electron chi connectivity index (χ2n) is 11.3. The van der Waals surface area contributed by atoms with Crippen molar-refractivity contribution in [3.05, 3.63) is 10.7 Å². The van der Waals surface area contributed by atoms with Gasteiger partial charge in [-0.15, -0.1) is 14.8 Å². The molecule has 256 valence electrons. The minimum absolute atomic E-state index is 0.0698. The van der Waals surface area contributed by atoms with Gasteiger partial charge in [-0.3, -0.25) is 29.0 Å². The van der Waals surface area contributed by atoms with Crippen LogP contribution in [0.2, 0.25) is 5.15 Å². The molecule has 0 radical (unpaired) electrons. The Bertz CT molecular complexity index is 1600. The van der Waals surface area contributed by atoms with Crippen molar-refractivity contribution in [1.82, 2.24) is 30.3 Å². The first-order valence-corrected chi connectivity index (χ1v) is 14.6. The molecule has 0 aliphatic carbocycles. The molecule has 2 aromatic rings. The van der Waals surface area contributed by atoms with Gasteiger partial charge < -0.3 is 28.4 Å². The van der Waals surface area contributed by atoms with Gasteiger partial charge in [0.1, 0.15) is 18.3 Å². The molecule has 1 fully saturated rings. The summed E-state index contributed by atoms with van der Waals surface area (Å²) in [6.07, 6.45) is -6.60. The Labute approximate surface area is 272 Å². The van der Waals surface area contributed by atoms with Gasteiger partial charge in [-0.25, -0.2) is 9.80 Å². The zero-order chi connectivity index (χ0) is 35.0. The van der Waals surface area contributed by atoms with Crippen molar-refractivity contribution in [2.45, 2.75) is 96.9 Å². The van der Waals surface area contributed by atoms with E-state index < -0.39 is 84.5 Å². The summed E-state index contributed by atoms with van der Waals surface area (Å²) in [5.74, 6) is -4.96. The lowest BCUT2D eigenvalue weighted by Crippen LogP contribution is -2.60. The van der Waals surface area contributed by atoms with E-state index in [1.807, 2.05) is 0 Å². The van der Waals surface area contributed by atoms with Crippen molar-refractivity contribution in [3.8, 4) is 0 Å². The highest BCUT2D eigenvalue weighted by Gasteiger charge is 2.62. The number of anilines is 1. The SMILES string of the molecule is COC(=O)[C@@H]1C[C@@H](C(OC(C)=O)C(OC(C)=O)[C@@H](OC(C)=O)[C@@H](COC(C)=O)OC(C)=O)N2N1c1c(Cl)nn3nnnc3c1C2(C)C. The Balaban J connectivity index is 1.95. The summed E-state index contributed by atoms with van der Waals surface area (Å²) >= 11 is 6.66. The van der Waals surface area contributed by atoms with Crippen molar-refractivity contribution in [1.29, 1.82) is 0 Å². The molecule has 6 atom stereocenters. The standard InChI is InChI=1S/C27H34ClN7O12/c1-11(36)43-10-18(44-12(2)37)22(46-14(4)39)23(47-15(5)40)21(45-13(3)38)16-9-17(26(41)42-8)33-20-19(27(6,7)34(16)33)25-29-31-32-35(25)30-24(20)28/h16-18,21-23H,9-10H2,1-8H3/t16-,17-,18+,21?,22-,23?/m0/s1. The summed E-state index contributed by atoms with van der Waals surface area (Å²) < 4.78 is 33.8. The molecule has 0 bridgehead atoms. The molecule has 0 aromatic carbocycles. The summed E-state index contributed by atoms with van der Waals surface area (Å²) in [7, 11) is 1.19. The number of nitrogens with zero attached hydrogens (tertiary/aromatic N) is 7. The van der Waals surface area contributed by atoms with Crippen molar-refractivity contribution >= 4 is 58.8 Å². The zero-order valence-electron chi connectivity index (χ0n) is 26.8. The first kappa shape index (κ1) is 35.2. The van der Waals surface area contributed by atoms with Crippen molar-refractivity contribution in [2.75, 3.05) is 18.7 Å². The normalized spacial score (nSPS) is 20.7. The van der Waals surface area contributed by atoms with Crippen LogP contribution in [0.3, 0.4) is 0 Å². The Morgan fingerprint density at radius 3 is 2.04 bits per heavy atom. The topological polar surface area (TPSA) is 220 Å². The number of hydrogen-bond acceptors (Lipinski definition) is 18. The van der Waals surface area contributed by atoms with E-state index in [4.69, 9.17) is 40.0 Å². The number of rotatable bonds is 11. The molecular formula is C27H34ClN7O12. The van der Waals surface area contributed by atoms with Crippen LogP contribution in [-0.4, -0.2) is 116 Å². The van der Waals surface area contributed by atoms with Crippen LogP contribution in [0.15, 0.2) is 0 Å². The number of halogens is 1. The molecule has 0 amide bonds. The van der Waals surface area contributed by atoms with E-state index in [1.165, 1.54) is 12.1 Å². The summed E-state index contributed by atoms with van der Waals surface area (Å²) in [5.41, 5.74) is -0.197. The van der Waals surface area contributed by atoms with Crippen LogP contribution >= 0.6 is 11.6 Å². The molecular weight excluding hydrogens is 650 g/mol. The number of hydrazine groups is 1. The maximum Gasteiger partial charge on any atom is 0.330 e. The lowest BCUT2D eigenvalue weighted by molar-refractivity contribution is -0.208. The number of carbonyl (C=O) groups excluding carboxylic acids is 6. The van der Waals surface area contributed by atoms with Crippen LogP contribution < -0.4 is 5.01 Å². The average molecular weight is 684 g/mol. The molecule has 2 aliphatic rings. The van der Waals surface area contributed by atoms with E-state index in [9.17, 15) is 28.8 Å². The summed E-state index contributed by atoms with van der Waals surface area (Å²) in [6, 6.07) is -2.16. The molecule has 2 aromatic heterocycles. The van der Waals surface area contributed by atoms with Gasteiger partial charge in [-0.2, -0.15) is 0 Å². The van der Waals surface area contributed by atoms with Crippen LogP contribution in [0.1, 0.15) is 60.5 Å². The number of methoxy groups -OCH3 is 1. The van der Waals surface area contributed by atoms with Gasteiger partial charge in [0.2, 0.25) is 5.65 Å².